The van der Waals surface area contributed by atoms with Crippen molar-refractivity contribution in [3.63, 3.8) is 0 Å². The van der Waals surface area contributed by atoms with Crippen molar-refractivity contribution in [1.29, 1.82) is 0 Å². The second kappa shape index (κ2) is 7.31. The molecule has 0 spiro atoms. The fourth-order valence-electron chi connectivity index (χ4n) is 1.64. The third-order valence-electron chi connectivity index (χ3n) is 2.66. The first-order valence-electron chi connectivity index (χ1n) is 6.11. The maximum absolute atomic E-state index is 10.6. The van der Waals surface area contributed by atoms with Gasteiger partial charge in [0.2, 0.25) is 0 Å². The molecule has 100 valence electrons. The van der Waals surface area contributed by atoms with Gasteiger partial charge in [0.05, 0.1) is 9.40 Å². The number of rotatable bonds is 7. The summed E-state index contributed by atoms with van der Waals surface area (Å²) in [5.74, 6) is 0.657. The van der Waals surface area contributed by atoms with Crippen molar-refractivity contribution in [1.82, 2.24) is 4.98 Å². The van der Waals surface area contributed by atoms with Crippen LogP contribution in [-0.2, 0) is 0 Å². The minimum Gasteiger partial charge on any atom is -0.367 e. The molecule has 0 aliphatic rings. The molecule has 1 heterocycles. The van der Waals surface area contributed by atoms with Crippen LogP contribution in [0.2, 0.25) is 0 Å². The molecule has 0 saturated carbocycles. The summed E-state index contributed by atoms with van der Waals surface area (Å²) in [7, 11) is 0. The number of halogens is 1. The molecular formula is C12H18BrN3O2. The summed E-state index contributed by atoms with van der Waals surface area (Å²) in [6.45, 7) is 4.26. The van der Waals surface area contributed by atoms with Crippen molar-refractivity contribution >= 4 is 27.4 Å². The van der Waals surface area contributed by atoms with Gasteiger partial charge in [0, 0.05) is 12.1 Å². The predicted octanol–water partition coefficient (Wildman–Crippen LogP) is 4.13. The number of pyridine rings is 1. The van der Waals surface area contributed by atoms with E-state index in [9.17, 15) is 10.1 Å². The summed E-state index contributed by atoms with van der Waals surface area (Å²) in [4.78, 5) is 14.2. The average Bonchev–Trinajstić information content (AvgIpc) is 2.32. The Bertz CT molecular complexity index is 412. The van der Waals surface area contributed by atoms with Gasteiger partial charge in [-0.05, 0) is 29.3 Å². The van der Waals surface area contributed by atoms with Crippen LogP contribution >= 0.6 is 15.9 Å². The number of hydrogen-bond acceptors (Lipinski definition) is 4. The molecule has 1 atom stereocenters. The molecule has 1 aromatic rings. The largest absolute Gasteiger partial charge is 0.367 e. The average molecular weight is 316 g/mol. The zero-order chi connectivity index (χ0) is 13.5. The van der Waals surface area contributed by atoms with Gasteiger partial charge >= 0.3 is 0 Å². The maximum Gasteiger partial charge on any atom is 0.288 e. The molecule has 0 aliphatic carbocycles. The van der Waals surface area contributed by atoms with E-state index in [4.69, 9.17) is 0 Å². The zero-order valence-electron chi connectivity index (χ0n) is 10.6. The van der Waals surface area contributed by atoms with Gasteiger partial charge < -0.3 is 5.32 Å². The first-order chi connectivity index (χ1) is 8.54. The van der Waals surface area contributed by atoms with E-state index in [1.165, 1.54) is 31.5 Å². The normalized spacial score (nSPS) is 12.2. The minimum atomic E-state index is -0.452. The van der Waals surface area contributed by atoms with Gasteiger partial charge in [-0.1, -0.05) is 26.2 Å². The van der Waals surface area contributed by atoms with Gasteiger partial charge in [0.15, 0.2) is 0 Å². The Labute approximate surface area is 115 Å². The van der Waals surface area contributed by atoms with E-state index in [-0.39, 0.29) is 5.69 Å². The minimum absolute atomic E-state index is 0.00828. The predicted molar refractivity (Wildman–Crippen MR) is 75.8 cm³/mol. The highest BCUT2D eigenvalue weighted by Crippen LogP contribution is 2.25. The van der Waals surface area contributed by atoms with Crippen molar-refractivity contribution < 1.29 is 4.92 Å². The molecule has 6 heteroatoms. The Balaban J connectivity index is 2.59. The fraction of sp³-hybridized carbons (Fsp3) is 0.583. The molecule has 1 aromatic heterocycles. The van der Waals surface area contributed by atoms with Crippen LogP contribution in [0, 0.1) is 10.1 Å². The molecule has 1 unspecified atom stereocenters. The van der Waals surface area contributed by atoms with Gasteiger partial charge in [-0.3, -0.25) is 10.1 Å². The monoisotopic (exact) mass is 315 g/mol. The summed E-state index contributed by atoms with van der Waals surface area (Å²) >= 11 is 3.30. The lowest BCUT2D eigenvalue weighted by atomic mass is 10.1. The van der Waals surface area contributed by atoms with Crippen LogP contribution in [-0.4, -0.2) is 15.9 Å². The second-order valence-electron chi connectivity index (χ2n) is 4.32. The van der Waals surface area contributed by atoms with Crippen LogP contribution < -0.4 is 5.32 Å². The molecule has 0 radical (unpaired) electrons. The van der Waals surface area contributed by atoms with E-state index in [1.54, 1.807) is 0 Å². The van der Waals surface area contributed by atoms with E-state index < -0.39 is 4.92 Å². The lowest BCUT2D eigenvalue weighted by molar-refractivity contribution is -0.385. The van der Waals surface area contributed by atoms with E-state index in [0.717, 1.165) is 6.42 Å². The highest BCUT2D eigenvalue weighted by atomic mass is 79.9. The molecule has 0 bridgehead atoms. The molecule has 0 saturated heterocycles. The van der Waals surface area contributed by atoms with Crippen molar-refractivity contribution in [2.24, 2.45) is 0 Å². The molecule has 0 aliphatic heterocycles. The van der Waals surface area contributed by atoms with Crippen LogP contribution in [0.1, 0.15) is 39.5 Å². The second-order valence-corrected chi connectivity index (χ2v) is 5.18. The summed E-state index contributed by atoms with van der Waals surface area (Å²) in [5, 5.41) is 13.8. The molecule has 5 nitrogen and oxygen atoms in total. The number of nitrogens with one attached hydrogen (secondary N) is 1. The number of unbranched alkanes of at least 4 members (excludes halogenated alkanes) is 2. The molecule has 0 fully saturated rings. The summed E-state index contributed by atoms with van der Waals surface area (Å²) in [6, 6.07) is 1.77. The van der Waals surface area contributed by atoms with Crippen LogP contribution in [0.4, 0.5) is 11.5 Å². The highest BCUT2D eigenvalue weighted by molar-refractivity contribution is 9.10. The standard InChI is InChI=1S/C12H18BrN3O2/c1-3-4-5-6-9(2)15-12-11(13)7-10(8-14-12)16(17)18/h7-9H,3-6H2,1-2H3,(H,14,15). The topological polar surface area (TPSA) is 68.1 Å². The summed E-state index contributed by atoms with van der Waals surface area (Å²) < 4.78 is 0.624. The quantitative estimate of drug-likeness (QED) is 0.466. The van der Waals surface area contributed by atoms with E-state index in [2.05, 4.69) is 40.1 Å². The molecule has 18 heavy (non-hydrogen) atoms. The Kier molecular flexibility index (Phi) is 6.04. The van der Waals surface area contributed by atoms with Crippen molar-refractivity contribution in [2.45, 2.75) is 45.6 Å². The third-order valence-corrected chi connectivity index (χ3v) is 3.27. The molecular weight excluding hydrogens is 298 g/mol. The number of anilines is 1. The zero-order valence-corrected chi connectivity index (χ0v) is 12.2. The lowest BCUT2D eigenvalue weighted by Gasteiger charge is -2.15. The molecule has 1 rings (SSSR count). The van der Waals surface area contributed by atoms with Crippen molar-refractivity contribution in [2.75, 3.05) is 5.32 Å². The Morgan fingerprint density at radius 3 is 2.83 bits per heavy atom. The molecule has 0 aromatic carbocycles. The Morgan fingerprint density at radius 2 is 2.28 bits per heavy atom. The van der Waals surface area contributed by atoms with Crippen molar-refractivity contribution in [3.8, 4) is 0 Å². The summed E-state index contributed by atoms with van der Waals surface area (Å²) in [6.07, 6.45) is 5.94. The van der Waals surface area contributed by atoms with Crippen LogP contribution in [0.25, 0.3) is 0 Å². The van der Waals surface area contributed by atoms with Gasteiger partial charge in [-0.15, -0.1) is 0 Å². The Morgan fingerprint density at radius 1 is 1.56 bits per heavy atom. The van der Waals surface area contributed by atoms with Crippen LogP contribution in [0.15, 0.2) is 16.7 Å². The SMILES string of the molecule is CCCCCC(C)Nc1ncc([N+](=O)[O-])cc1Br. The molecule has 0 amide bonds. The van der Waals surface area contributed by atoms with Crippen LogP contribution in [0.3, 0.4) is 0 Å². The van der Waals surface area contributed by atoms with E-state index >= 15 is 0 Å². The first kappa shape index (κ1) is 14.9. The highest BCUT2D eigenvalue weighted by Gasteiger charge is 2.12. The third kappa shape index (κ3) is 4.60. The van der Waals surface area contributed by atoms with E-state index in [1.807, 2.05) is 0 Å². The van der Waals surface area contributed by atoms with Gasteiger partial charge in [-0.25, -0.2) is 4.98 Å². The number of nitrogens with zero attached hydrogens (tertiary/aromatic N) is 2. The smallest absolute Gasteiger partial charge is 0.288 e. The van der Waals surface area contributed by atoms with Crippen LogP contribution in [0.5, 0.6) is 0 Å². The van der Waals surface area contributed by atoms with E-state index in [0.29, 0.717) is 16.3 Å². The number of aromatic nitrogens is 1. The number of nitro groups is 1. The van der Waals surface area contributed by atoms with Gasteiger partial charge in [0.25, 0.3) is 5.69 Å². The summed E-state index contributed by atoms with van der Waals surface area (Å²) in [5.41, 5.74) is -0.00828. The fourth-order valence-corrected chi connectivity index (χ4v) is 2.09. The first-order valence-corrected chi connectivity index (χ1v) is 6.90. The van der Waals surface area contributed by atoms with Gasteiger partial charge in [0.1, 0.15) is 12.0 Å². The lowest BCUT2D eigenvalue weighted by Crippen LogP contribution is -2.16. The van der Waals surface area contributed by atoms with Crippen molar-refractivity contribution in [3.05, 3.63) is 26.9 Å². The molecule has 1 N–H and O–H groups in total. The van der Waals surface area contributed by atoms with Gasteiger partial charge in [-0.2, -0.15) is 0 Å². The maximum atomic E-state index is 10.6. The number of hydrogen-bond donors (Lipinski definition) is 1. The Hall–Kier alpha value is -1.17.